The van der Waals surface area contributed by atoms with Gasteiger partial charge in [-0.2, -0.15) is 0 Å². The van der Waals surface area contributed by atoms with Crippen LogP contribution in [0.25, 0.3) is 0 Å². The average molecular weight is 230 g/mol. The van der Waals surface area contributed by atoms with Crippen molar-refractivity contribution in [3.63, 3.8) is 0 Å². The lowest BCUT2D eigenvalue weighted by Crippen LogP contribution is -2.13. The summed E-state index contributed by atoms with van der Waals surface area (Å²) in [7, 11) is 0. The monoisotopic (exact) mass is 229 g/mol. The molecule has 1 nitrogen and oxygen atoms in total. The second-order valence-electron chi connectivity index (χ2n) is 3.97. The Balaban J connectivity index is 2.27. The van der Waals surface area contributed by atoms with Crippen LogP contribution in [0.4, 0.5) is 0 Å². The van der Waals surface area contributed by atoms with E-state index in [-0.39, 0.29) is 0 Å². The molecule has 14 heavy (non-hydrogen) atoms. The molecule has 1 saturated heterocycles. The summed E-state index contributed by atoms with van der Waals surface area (Å²) in [5.74, 6) is 0.718. The van der Waals surface area contributed by atoms with Gasteiger partial charge in [-0.15, -0.1) is 0 Å². The maximum absolute atomic E-state index is 6.13. The summed E-state index contributed by atoms with van der Waals surface area (Å²) in [6, 6.07) is 6.02. The predicted molar refractivity (Wildman–Crippen MR) is 61.0 cm³/mol. The lowest BCUT2D eigenvalue weighted by molar-refractivity contribution is 0.612. The minimum Gasteiger partial charge on any atom is -0.310 e. The molecule has 1 heterocycles. The quantitative estimate of drug-likeness (QED) is 0.776. The summed E-state index contributed by atoms with van der Waals surface area (Å²) in [5, 5.41) is 5.01. The van der Waals surface area contributed by atoms with E-state index in [4.69, 9.17) is 23.2 Å². The third-order valence-corrected chi connectivity index (χ3v) is 3.26. The molecule has 1 aliphatic heterocycles. The first kappa shape index (κ1) is 10.3. The van der Waals surface area contributed by atoms with Gasteiger partial charge in [0.25, 0.3) is 0 Å². The molecule has 0 amide bonds. The highest BCUT2D eigenvalue weighted by Gasteiger charge is 2.23. The molecule has 2 atom stereocenters. The summed E-state index contributed by atoms with van der Waals surface area (Å²) >= 11 is 12.1. The van der Waals surface area contributed by atoms with Crippen LogP contribution in [0.5, 0.6) is 0 Å². The molecule has 0 saturated carbocycles. The molecule has 3 heteroatoms. The topological polar surface area (TPSA) is 12.0 Å². The van der Waals surface area contributed by atoms with Gasteiger partial charge in [0.05, 0.1) is 0 Å². The highest BCUT2D eigenvalue weighted by molar-refractivity contribution is 6.33. The van der Waals surface area contributed by atoms with Gasteiger partial charge in [0.1, 0.15) is 0 Å². The maximum Gasteiger partial charge on any atom is 0.0454 e. The second-order valence-corrected chi connectivity index (χ2v) is 4.81. The summed E-state index contributed by atoms with van der Waals surface area (Å²) in [6.45, 7) is 3.30. The number of rotatable bonds is 1. The molecular weight excluding hydrogens is 217 g/mol. The molecule has 0 spiro atoms. The number of benzene rings is 1. The normalized spacial score (nSPS) is 26.8. The number of hydrogen-bond donors (Lipinski definition) is 1. The van der Waals surface area contributed by atoms with Gasteiger partial charge in [-0.05, 0) is 42.6 Å². The molecule has 76 valence electrons. The maximum atomic E-state index is 6.13. The van der Waals surface area contributed by atoms with Crippen LogP contribution in [-0.2, 0) is 0 Å². The Morgan fingerprint density at radius 1 is 1.36 bits per heavy atom. The summed E-state index contributed by atoms with van der Waals surface area (Å²) < 4.78 is 0. The van der Waals surface area contributed by atoms with Crippen LogP contribution < -0.4 is 5.32 Å². The smallest absolute Gasteiger partial charge is 0.0454 e. The molecular formula is C11H13Cl2N. The molecule has 1 aromatic carbocycles. The number of halogens is 2. The van der Waals surface area contributed by atoms with E-state index in [0.29, 0.717) is 6.04 Å². The fraction of sp³-hybridized carbons (Fsp3) is 0.455. The van der Waals surface area contributed by atoms with Crippen LogP contribution in [0.15, 0.2) is 18.2 Å². The van der Waals surface area contributed by atoms with Crippen molar-refractivity contribution in [3.05, 3.63) is 33.8 Å². The largest absolute Gasteiger partial charge is 0.310 e. The third kappa shape index (κ3) is 2.05. The fourth-order valence-corrected chi connectivity index (χ4v) is 2.36. The van der Waals surface area contributed by atoms with Crippen molar-refractivity contribution < 1.29 is 0 Å². The minimum atomic E-state index is 0.371. The highest BCUT2D eigenvalue weighted by atomic mass is 35.5. The third-order valence-electron chi connectivity index (χ3n) is 2.68. The van der Waals surface area contributed by atoms with Crippen LogP contribution in [0.1, 0.15) is 24.9 Å². The average Bonchev–Trinajstić information content (AvgIpc) is 2.56. The van der Waals surface area contributed by atoms with Gasteiger partial charge in [-0.3, -0.25) is 0 Å². The number of hydrogen-bond acceptors (Lipinski definition) is 1. The Kier molecular flexibility index (Phi) is 3.01. The Labute approximate surface area is 94.4 Å². The molecule has 2 rings (SSSR count). The molecule has 0 bridgehead atoms. The van der Waals surface area contributed by atoms with E-state index >= 15 is 0 Å². The van der Waals surface area contributed by atoms with Gasteiger partial charge in [0.2, 0.25) is 0 Å². The zero-order valence-corrected chi connectivity index (χ0v) is 9.57. The minimum absolute atomic E-state index is 0.371. The van der Waals surface area contributed by atoms with E-state index in [0.717, 1.165) is 34.5 Å². The van der Waals surface area contributed by atoms with Crippen molar-refractivity contribution in [2.75, 3.05) is 6.54 Å². The molecule has 0 unspecified atom stereocenters. The summed E-state index contributed by atoms with van der Waals surface area (Å²) in [6.07, 6.45) is 1.14. The van der Waals surface area contributed by atoms with Crippen LogP contribution in [-0.4, -0.2) is 6.54 Å². The highest BCUT2D eigenvalue weighted by Crippen LogP contribution is 2.33. The molecule has 1 N–H and O–H groups in total. The van der Waals surface area contributed by atoms with Gasteiger partial charge in [-0.25, -0.2) is 0 Å². The predicted octanol–water partition coefficient (Wildman–Crippen LogP) is 3.66. The SMILES string of the molecule is C[C@H]1CN[C@@H](c2cc(Cl)ccc2Cl)C1. The Hall–Kier alpha value is -0.240. The fourth-order valence-electron chi connectivity index (χ4n) is 1.93. The van der Waals surface area contributed by atoms with E-state index in [9.17, 15) is 0 Å². The van der Waals surface area contributed by atoms with E-state index in [1.54, 1.807) is 0 Å². The lowest BCUT2D eigenvalue weighted by Gasteiger charge is -2.12. The van der Waals surface area contributed by atoms with E-state index in [2.05, 4.69) is 12.2 Å². The first-order valence-electron chi connectivity index (χ1n) is 4.85. The first-order chi connectivity index (χ1) is 6.66. The van der Waals surface area contributed by atoms with Crippen molar-refractivity contribution in [2.45, 2.75) is 19.4 Å². The molecule has 0 aromatic heterocycles. The molecule has 0 aliphatic carbocycles. The lowest BCUT2D eigenvalue weighted by atomic mass is 10.0. The van der Waals surface area contributed by atoms with Gasteiger partial charge in [-0.1, -0.05) is 30.1 Å². The molecule has 1 aliphatic rings. The molecule has 1 aromatic rings. The second kappa shape index (κ2) is 4.09. The molecule has 1 fully saturated rings. The van der Waals surface area contributed by atoms with Gasteiger partial charge >= 0.3 is 0 Å². The Bertz CT molecular complexity index is 338. The van der Waals surface area contributed by atoms with Crippen LogP contribution >= 0.6 is 23.2 Å². The van der Waals surface area contributed by atoms with Crippen molar-refractivity contribution in [2.24, 2.45) is 5.92 Å². The zero-order valence-electron chi connectivity index (χ0n) is 8.06. The number of nitrogens with one attached hydrogen (secondary N) is 1. The Morgan fingerprint density at radius 2 is 2.14 bits per heavy atom. The van der Waals surface area contributed by atoms with Crippen molar-refractivity contribution in [1.82, 2.24) is 5.32 Å². The molecule has 0 radical (unpaired) electrons. The van der Waals surface area contributed by atoms with E-state index in [1.165, 1.54) is 0 Å². The van der Waals surface area contributed by atoms with E-state index < -0.39 is 0 Å². The van der Waals surface area contributed by atoms with Gasteiger partial charge in [0.15, 0.2) is 0 Å². The zero-order chi connectivity index (χ0) is 10.1. The van der Waals surface area contributed by atoms with Crippen molar-refractivity contribution in [3.8, 4) is 0 Å². The van der Waals surface area contributed by atoms with Crippen molar-refractivity contribution in [1.29, 1.82) is 0 Å². The standard InChI is InChI=1S/C11H13Cl2N/c1-7-4-11(14-6-7)9-5-8(12)2-3-10(9)13/h2-3,5,7,11,14H,4,6H2,1H3/t7-,11-/m1/s1. The summed E-state index contributed by atoms with van der Waals surface area (Å²) in [5.41, 5.74) is 1.13. The Morgan fingerprint density at radius 3 is 2.79 bits per heavy atom. The van der Waals surface area contributed by atoms with Crippen molar-refractivity contribution >= 4 is 23.2 Å². The van der Waals surface area contributed by atoms with Gasteiger partial charge < -0.3 is 5.32 Å². The van der Waals surface area contributed by atoms with Gasteiger partial charge in [0, 0.05) is 16.1 Å². The van der Waals surface area contributed by atoms with Crippen LogP contribution in [0.2, 0.25) is 10.0 Å². The van der Waals surface area contributed by atoms with Crippen LogP contribution in [0.3, 0.4) is 0 Å². The first-order valence-corrected chi connectivity index (χ1v) is 5.60. The van der Waals surface area contributed by atoms with Crippen LogP contribution in [0, 0.1) is 5.92 Å². The summed E-state index contributed by atoms with van der Waals surface area (Å²) in [4.78, 5) is 0. The van der Waals surface area contributed by atoms with E-state index in [1.807, 2.05) is 18.2 Å².